The predicted molar refractivity (Wildman–Crippen MR) is 95.9 cm³/mol. The van der Waals surface area contributed by atoms with Gasteiger partial charge in [0.1, 0.15) is 17.3 Å². The summed E-state index contributed by atoms with van der Waals surface area (Å²) in [6.45, 7) is 0.960. The second-order valence-electron chi connectivity index (χ2n) is 6.35. The number of aromatic nitrogens is 1. The molecule has 2 heterocycles. The first-order valence-electron chi connectivity index (χ1n) is 8.72. The van der Waals surface area contributed by atoms with Gasteiger partial charge in [0.25, 0.3) is 11.8 Å². The quantitative estimate of drug-likeness (QED) is 0.847. The van der Waals surface area contributed by atoms with E-state index in [2.05, 4.69) is 10.3 Å². The highest BCUT2D eigenvalue weighted by molar-refractivity contribution is 6.07. The molecule has 1 saturated heterocycles. The Morgan fingerprint density at radius 2 is 2.21 bits per heavy atom. The summed E-state index contributed by atoms with van der Waals surface area (Å²) in [5.74, 6) is -3.85. The number of rotatable bonds is 5. The van der Waals surface area contributed by atoms with E-state index in [4.69, 9.17) is 10.00 Å². The van der Waals surface area contributed by atoms with E-state index in [1.807, 2.05) is 6.92 Å². The number of hydrogen-bond acceptors (Lipinski definition) is 5. The summed E-state index contributed by atoms with van der Waals surface area (Å²) in [5, 5.41) is 12.0. The van der Waals surface area contributed by atoms with Crippen molar-refractivity contribution in [1.29, 1.82) is 5.26 Å². The number of fused-ring (bicyclic) bond motifs is 1. The van der Waals surface area contributed by atoms with Crippen LogP contribution in [0.1, 0.15) is 23.7 Å². The van der Waals surface area contributed by atoms with Gasteiger partial charge in [-0.05, 0) is 19.1 Å². The van der Waals surface area contributed by atoms with Gasteiger partial charge in [0.15, 0.2) is 0 Å². The highest BCUT2D eigenvalue weighted by Crippen LogP contribution is 2.31. The van der Waals surface area contributed by atoms with Gasteiger partial charge in [-0.25, -0.2) is 8.78 Å². The molecule has 9 heteroatoms. The van der Waals surface area contributed by atoms with Crippen molar-refractivity contribution in [3.8, 4) is 11.8 Å². The maximum Gasteiger partial charge on any atom is 0.268 e. The van der Waals surface area contributed by atoms with Crippen LogP contribution in [0.5, 0.6) is 5.75 Å². The van der Waals surface area contributed by atoms with Crippen molar-refractivity contribution in [2.24, 2.45) is 0 Å². The molecule has 1 aromatic heterocycles. The maximum absolute atomic E-state index is 13.5. The van der Waals surface area contributed by atoms with Crippen LogP contribution in [0.25, 0.3) is 10.9 Å². The number of hydrogen-bond donors (Lipinski definition) is 1. The minimum absolute atomic E-state index is 0.280. The molecule has 2 amide bonds. The van der Waals surface area contributed by atoms with E-state index < -0.39 is 43.3 Å². The van der Waals surface area contributed by atoms with Gasteiger partial charge < -0.3 is 15.0 Å². The molecule has 0 unspecified atom stereocenters. The highest BCUT2D eigenvalue weighted by atomic mass is 19.3. The Labute approximate surface area is 159 Å². The lowest BCUT2D eigenvalue weighted by molar-refractivity contribution is -0.131. The van der Waals surface area contributed by atoms with Gasteiger partial charge in [0, 0.05) is 18.0 Å². The number of carbonyl (C=O) groups excluding carboxylic acids is 2. The number of carbonyl (C=O) groups is 2. The second-order valence-corrected chi connectivity index (χ2v) is 6.35. The van der Waals surface area contributed by atoms with E-state index in [0.717, 1.165) is 4.90 Å². The molecule has 1 aliphatic heterocycles. The standard InChI is InChI=1S/C19H18F2N4O3/c1-2-28-15-5-3-4-13-14(6-7-23-17(13)15)18(27)24-10-16(26)25-11-19(20,21)8-12(25)9-22/h3-7,12H,2,8,10-11H2,1H3,(H,24,27)/t12-/m0/s1. The normalized spacial score (nSPS) is 17.9. The van der Waals surface area contributed by atoms with E-state index in [9.17, 15) is 18.4 Å². The summed E-state index contributed by atoms with van der Waals surface area (Å²) in [6.07, 6.45) is 0.757. The summed E-state index contributed by atoms with van der Waals surface area (Å²) in [4.78, 5) is 29.8. The number of nitrogens with zero attached hydrogens (tertiary/aromatic N) is 3. The lowest BCUT2D eigenvalue weighted by atomic mass is 10.1. The zero-order valence-corrected chi connectivity index (χ0v) is 15.1. The van der Waals surface area contributed by atoms with Crippen LogP contribution in [0.3, 0.4) is 0 Å². The fourth-order valence-electron chi connectivity index (χ4n) is 3.17. The minimum atomic E-state index is -3.10. The fourth-order valence-corrected chi connectivity index (χ4v) is 3.17. The number of amides is 2. The molecule has 0 radical (unpaired) electrons. The number of nitrogens with one attached hydrogen (secondary N) is 1. The van der Waals surface area contributed by atoms with Crippen LogP contribution in [-0.2, 0) is 4.79 Å². The number of ether oxygens (including phenoxy) is 1. The Balaban J connectivity index is 1.75. The molecule has 1 aromatic carbocycles. The van der Waals surface area contributed by atoms with Crippen LogP contribution in [-0.4, -0.2) is 53.4 Å². The number of likely N-dealkylation sites (tertiary alicyclic amines) is 1. The largest absolute Gasteiger partial charge is 0.492 e. The topological polar surface area (TPSA) is 95.3 Å². The molecule has 1 atom stereocenters. The van der Waals surface area contributed by atoms with Crippen molar-refractivity contribution in [2.45, 2.75) is 25.3 Å². The van der Waals surface area contributed by atoms with Crippen LogP contribution in [0, 0.1) is 11.3 Å². The van der Waals surface area contributed by atoms with Crippen LogP contribution in [0.4, 0.5) is 8.78 Å². The third-order valence-corrected chi connectivity index (χ3v) is 4.42. The van der Waals surface area contributed by atoms with Gasteiger partial charge in [0.2, 0.25) is 5.91 Å². The first-order chi connectivity index (χ1) is 13.4. The van der Waals surface area contributed by atoms with Crippen molar-refractivity contribution in [3.05, 3.63) is 36.0 Å². The lowest BCUT2D eigenvalue weighted by Crippen LogP contribution is -2.43. The van der Waals surface area contributed by atoms with Gasteiger partial charge in [-0.1, -0.05) is 12.1 Å². The molecular weight excluding hydrogens is 370 g/mol. The van der Waals surface area contributed by atoms with Crippen molar-refractivity contribution in [2.75, 3.05) is 19.7 Å². The van der Waals surface area contributed by atoms with Gasteiger partial charge in [-0.15, -0.1) is 0 Å². The van der Waals surface area contributed by atoms with E-state index >= 15 is 0 Å². The van der Waals surface area contributed by atoms with Gasteiger partial charge in [-0.3, -0.25) is 14.6 Å². The molecule has 0 bridgehead atoms. The molecule has 3 rings (SSSR count). The molecule has 28 heavy (non-hydrogen) atoms. The third kappa shape index (κ3) is 3.86. The monoisotopic (exact) mass is 388 g/mol. The average molecular weight is 388 g/mol. The molecule has 0 aliphatic carbocycles. The summed E-state index contributed by atoms with van der Waals surface area (Å²) in [7, 11) is 0. The summed E-state index contributed by atoms with van der Waals surface area (Å²) >= 11 is 0. The zero-order valence-electron chi connectivity index (χ0n) is 15.1. The summed E-state index contributed by atoms with van der Waals surface area (Å²) in [5.41, 5.74) is 0.787. The molecule has 1 N–H and O–H groups in total. The lowest BCUT2D eigenvalue weighted by Gasteiger charge is -2.19. The molecule has 1 aliphatic rings. The van der Waals surface area contributed by atoms with E-state index in [0.29, 0.717) is 23.3 Å². The number of alkyl halides is 2. The zero-order chi connectivity index (χ0) is 20.3. The Bertz CT molecular complexity index is 958. The smallest absolute Gasteiger partial charge is 0.268 e. The van der Waals surface area contributed by atoms with Crippen LogP contribution in [0.2, 0.25) is 0 Å². The molecule has 0 saturated carbocycles. The van der Waals surface area contributed by atoms with Crippen LogP contribution < -0.4 is 10.1 Å². The Hall–Kier alpha value is -3.28. The molecule has 146 valence electrons. The Kier molecular flexibility index (Phi) is 5.40. The molecule has 2 aromatic rings. The van der Waals surface area contributed by atoms with E-state index in [1.165, 1.54) is 12.3 Å². The second kappa shape index (κ2) is 7.76. The number of nitriles is 1. The van der Waals surface area contributed by atoms with Crippen molar-refractivity contribution in [1.82, 2.24) is 15.2 Å². The van der Waals surface area contributed by atoms with Crippen molar-refractivity contribution < 1.29 is 23.1 Å². The molecular formula is C19H18F2N4O3. The molecule has 1 fully saturated rings. The van der Waals surface area contributed by atoms with Crippen LogP contribution in [0.15, 0.2) is 30.5 Å². The van der Waals surface area contributed by atoms with Gasteiger partial charge in [-0.2, -0.15) is 5.26 Å². The molecule has 0 spiro atoms. The number of para-hydroxylation sites is 1. The average Bonchev–Trinajstić information content (AvgIpc) is 3.00. The Morgan fingerprint density at radius 3 is 2.93 bits per heavy atom. The van der Waals surface area contributed by atoms with Gasteiger partial charge >= 0.3 is 0 Å². The summed E-state index contributed by atoms with van der Waals surface area (Å²) in [6, 6.07) is 7.16. The highest BCUT2D eigenvalue weighted by Gasteiger charge is 2.47. The molecule has 7 nitrogen and oxygen atoms in total. The number of pyridine rings is 1. The first-order valence-corrected chi connectivity index (χ1v) is 8.72. The van der Waals surface area contributed by atoms with Crippen molar-refractivity contribution in [3.63, 3.8) is 0 Å². The summed E-state index contributed by atoms with van der Waals surface area (Å²) < 4.78 is 32.5. The van der Waals surface area contributed by atoms with E-state index in [-0.39, 0.29) is 5.56 Å². The van der Waals surface area contributed by atoms with Crippen molar-refractivity contribution >= 4 is 22.7 Å². The maximum atomic E-state index is 13.5. The fraction of sp³-hybridized carbons (Fsp3) is 0.368. The Morgan fingerprint density at radius 1 is 1.43 bits per heavy atom. The third-order valence-electron chi connectivity index (χ3n) is 4.42. The van der Waals surface area contributed by atoms with E-state index in [1.54, 1.807) is 24.3 Å². The van der Waals surface area contributed by atoms with Gasteiger partial charge in [0.05, 0.1) is 31.3 Å². The van der Waals surface area contributed by atoms with Crippen LogP contribution >= 0.6 is 0 Å². The number of benzene rings is 1. The SMILES string of the molecule is CCOc1cccc2c(C(=O)NCC(=O)N3CC(F)(F)C[C@H]3C#N)ccnc12. The number of halogens is 2. The predicted octanol–water partition coefficient (Wildman–Crippen LogP) is 2.12. The first kappa shape index (κ1) is 19.5. The minimum Gasteiger partial charge on any atom is -0.492 e.